The van der Waals surface area contributed by atoms with Crippen LogP contribution in [0.1, 0.15) is 12.1 Å². The highest BCUT2D eigenvalue weighted by Crippen LogP contribution is 2.40. The highest BCUT2D eigenvalue weighted by atomic mass is 19.4. The minimum Gasteiger partial charge on any atom is -0.496 e. The second-order valence-corrected chi connectivity index (χ2v) is 6.48. The van der Waals surface area contributed by atoms with E-state index >= 15 is 0 Å². The van der Waals surface area contributed by atoms with Crippen molar-refractivity contribution in [2.75, 3.05) is 58.9 Å². The van der Waals surface area contributed by atoms with Crippen molar-refractivity contribution >= 4 is 16.6 Å². The molecule has 1 fully saturated rings. The number of morpholine rings is 1. The Morgan fingerprint density at radius 2 is 1.82 bits per heavy atom. The molecule has 0 amide bonds. The molecule has 0 atom stereocenters. The number of ether oxygens (including phenoxy) is 3. The van der Waals surface area contributed by atoms with Crippen LogP contribution in [0.25, 0.3) is 10.9 Å². The number of alkyl halides is 3. The number of benzene rings is 1. The summed E-state index contributed by atoms with van der Waals surface area (Å²) < 4.78 is 56.0. The van der Waals surface area contributed by atoms with Gasteiger partial charge >= 0.3 is 6.18 Å². The van der Waals surface area contributed by atoms with E-state index in [0.717, 1.165) is 32.1 Å². The molecule has 3 rings (SSSR count). The zero-order valence-electron chi connectivity index (χ0n) is 15.9. The monoisotopic (exact) mass is 399 g/mol. The van der Waals surface area contributed by atoms with Gasteiger partial charge in [0, 0.05) is 25.3 Å². The second kappa shape index (κ2) is 8.83. The van der Waals surface area contributed by atoms with Crippen LogP contribution in [-0.4, -0.2) is 63.5 Å². The van der Waals surface area contributed by atoms with Gasteiger partial charge in [0.15, 0.2) is 0 Å². The molecule has 2 aromatic rings. The van der Waals surface area contributed by atoms with Crippen LogP contribution in [0.4, 0.5) is 18.9 Å². The summed E-state index contributed by atoms with van der Waals surface area (Å²) in [5.74, 6) is 0.700. The lowest BCUT2D eigenvalue weighted by molar-refractivity contribution is -0.140. The predicted molar refractivity (Wildman–Crippen MR) is 100 cm³/mol. The summed E-state index contributed by atoms with van der Waals surface area (Å²) in [6.07, 6.45) is -3.77. The molecule has 0 radical (unpaired) electrons. The van der Waals surface area contributed by atoms with Gasteiger partial charge in [-0.3, -0.25) is 4.90 Å². The first-order chi connectivity index (χ1) is 13.4. The number of pyridine rings is 1. The minimum absolute atomic E-state index is 0.118. The van der Waals surface area contributed by atoms with Gasteiger partial charge in [0.05, 0.1) is 32.8 Å². The van der Waals surface area contributed by atoms with Crippen LogP contribution in [0.3, 0.4) is 0 Å². The highest BCUT2D eigenvalue weighted by Gasteiger charge is 2.34. The van der Waals surface area contributed by atoms with Crippen molar-refractivity contribution in [2.45, 2.75) is 12.6 Å². The van der Waals surface area contributed by atoms with E-state index in [1.165, 1.54) is 14.2 Å². The normalized spacial score (nSPS) is 15.6. The van der Waals surface area contributed by atoms with Crippen molar-refractivity contribution in [1.29, 1.82) is 0 Å². The summed E-state index contributed by atoms with van der Waals surface area (Å²) in [6.45, 7) is 4.56. The Labute approximate surface area is 161 Å². The van der Waals surface area contributed by atoms with E-state index in [-0.39, 0.29) is 11.3 Å². The van der Waals surface area contributed by atoms with Crippen molar-refractivity contribution in [2.24, 2.45) is 0 Å². The number of hydrogen-bond acceptors (Lipinski definition) is 6. The fourth-order valence-electron chi connectivity index (χ4n) is 3.26. The van der Waals surface area contributed by atoms with Crippen molar-refractivity contribution in [3.63, 3.8) is 0 Å². The Morgan fingerprint density at radius 3 is 2.46 bits per heavy atom. The van der Waals surface area contributed by atoms with Gasteiger partial charge in [0.25, 0.3) is 0 Å². The van der Waals surface area contributed by atoms with Gasteiger partial charge in [-0.05, 0) is 31.2 Å². The van der Waals surface area contributed by atoms with Gasteiger partial charge in [0.2, 0.25) is 0 Å². The summed E-state index contributed by atoms with van der Waals surface area (Å²) in [7, 11) is 2.87. The molecule has 0 unspecified atom stereocenters. The average molecular weight is 399 g/mol. The average Bonchev–Trinajstić information content (AvgIpc) is 2.70. The van der Waals surface area contributed by atoms with Crippen molar-refractivity contribution in [3.8, 4) is 11.5 Å². The number of rotatable bonds is 7. The van der Waals surface area contributed by atoms with E-state index in [1.807, 2.05) is 0 Å². The number of hydrogen-bond donors (Lipinski definition) is 1. The molecule has 0 spiro atoms. The molecule has 9 heteroatoms. The molecule has 1 N–H and O–H groups in total. The van der Waals surface area contributed by atoms with Crippen molar-refractivity contribution < 1.29 is 27.4 Å². The highest BCUT2D eigenvalue weighted by molar-refractivity contribution is 6.00. The van der Waals surface area contributed by atoms with Crippen LogP contribution >= 0.6 is 0 Å². The molecular formula is C19H24F3N3O3. The van der Waals surface area contributed by atoms with Crippen LogP contribution in [0, 0.1) is 0 Å². The standard InChI is InChI=1S/C19H24F3N3O3/c1-26-14-4-5-15(27-2)18-17(14)13(12-16(24-18)19(20,21)22)23-6-3-7-25-8-10-28-11-9-25/h4-5,12H,3,6-11H2,1-2H3,(H,23,24). The van der Waals surface area contributed by atoms with E-state index in [9.17, 15) is 13.2 Å². The molecule has 1 aliphatic heterocycles. The molecule has 0 saturated carbocycles. The second-order valence-electron chi connectivity index (χ2n) is 6.48. The summed E-state index contributed by atoms with van der Waals surface area (Å²) in [5, 5.41) is 3.61. The van der Waals surface area contributed by atoms with E-state index in [0.29, 0.717) is 36.6 Å². The number of nitrogens with zero attached hydrogens (tertiary/aromatic N) is 2. The fraction of sp³-hybridized carbons (Fsp3) is 0.526. The fourth-order valence-corrected chi connectivity index (χ4v) is 3.26. The maximum absolute atomic E-state index is 13.4. The Balaban J connectivity index is 1.87. The number of methoxy groups -OCH3 is 2. The first-order valence-electron chi connectivity index (χ1n) is 9.11. The number of fused-ring (bicyclic) bond motifs is 1. The summed E-state index contributed by atoms with van der Waals surface area (Å²) in [5.41, 5.74) is -0.523. The molecule has 28 heavy (non-hydrogen) atoms. The summed E-state index contributed by atoms with van der Waals surface area (Å²) in [4.78, 5) is 6.07. The quantitative estimate of drug-likeness (QED) is 0.721. The summed E-state index contributed by atoms with van der Waals surface area (Å²) >= 11 is 0. The Kier molecular flexibility index (Phi) is 6.46. The van der Waals surface area contributed by atoms with Gasteiger partial charge in [0.1, 0.15) is 22.7 Å². The molecule has 1 saturated heterocycles. The van der Waals surface area contributed by atoms with Gasteiger partial charge in [-0.15, -0.1) is 0 Å². The van der Waals surface area contributed by atoms with E-state index in [2.05, 4.69) is 15.2 Å². The Morgan fingerprint density at radius 1 is 1.14 bits per heavy atom. The summed E-state index contributed by atoms with van der Waals surface area (Å²) in [6, 6.07) is 4.24. The minimum atomic E-state index is -4.56. The van der Waals surface area contributed by atoms with Gasteiger partial charge in [-0.1, -0.05) is 0 Å². The molecule has 0 bridgehead atoms. The molecule has 1 aromatic carbocycles. The first-order valence-corrected chi connectivity index (χ1v) is 9.11. The molecule has 0 aliphatic carbocycles. The topological polar surface area (TPSA) is 55.9 Å². The van der Waals surface area contributed by atoms with Crippen LogP contribution in [0.2, 0.25) is 0 Å². The lowest BCUT2D eigenvalue weighted by Crippen LogP contribution is -2.37. The van der Waals surface area contributed by atoms with E-state index < -0.39 is 11.9 Å². The van der Waals surface area contributed by atoms with Crippen LogP contribution in [0.5, 0.6) is 11.5 Å². The zero-order chi connectivity index (χ0) is 20.1. The Bertz CT molecular complexity index is 808. The maximum Gasteiger partial charge on any atom is 0.433 e. The lowest BCUT2D eigenvalue weighted by atomic mass is 10.1. The van der Waals surface area contributed by atoms with Crippen LogP contribution < -0.4 is 14.8 Å². The number of aromatic nitrogens is 1. The molecule has 154 valence electrons. The molecule has 1 aliphatic rings. The molecule has 6 nitrogen and oxygen atoms in total. The third kappa shape index (κ3) is 4.59. The van der Waals surface area contributed by atoms with E-state index in [4.69, 9.17) is 14.2 Å². The third-order valence-electron chi connectivity index (χ3n) is 4.69. The molecule has 1 aromatic heterocycles. The first kappa shape index (κ1) is 20.5. The van der Waals surface area contributed by atoms with Crippen LogP contribution in [0.15, 0.2) is 18.2 Å². The SMILES string of the molecule is COc1ccc(OC)c2c(NCCCN3CCOCC3)cc(C(F)(F)F)nc12. The smallest absolute Gasteiger partial charge is 0.433 e. The van der Waals surface area contributed by atoms with Crippen LogP contribution in [-0.2, 0) is 10.9 Å². The van der Waals surface area contributed by atoms with Gasteiger partial charge in [-0.2, -0.15) is 13.2 Å². The van der Waals surface area contributed by atoms with Gasteiger partial charge in [-0.25, -0.2) is 4.98 Å². The number of anilines is 1. The van der Waals surface area contributed by atoms with Gasteiger partial charge < -0.3 is 19.5 Å². The molecular weight excluding hydrogens is 375 g/mol. The molecule has 2 heterocycles. The zero-order valence-corrected chi connectivity index (χ0v) is 15.9. The number of nitrogens with one attached hydrogen (secondary N) is 1. The number of halogens is 3. The maximum atomic E-state index is 13.4. The third-order valence-corrected chi connectivity index (χ3v) is 4.69. The van der Waals surface area contributed by atoms with E-state index in [1.54, 1.807) is 12.1 Å². The lowest BCUT2D eigenvalue weighted by Gasteiger charge is -2.26. The predicted octanol–water partition coefficient (Wildman–Crippen LogP) is 3.41. The Hall–Kier alpha value is -2.26. The van der Waals surface area contributed by atoms with Crippen molar-refractivity contribution in [1.82, 2.24) is 9.88 Å². The van der Waals surface area contributed by atoms with Crippen molar-refractivity contribution in [3.05, 3.63) is 23.9 Å². The largest absolute Gasteiger partial charge is 0.496 e.